The second kappa shape index (κ2) is 3.46. The summed E-state index contributed by atoms with van der Waals surface area (Å²) in [6, 6.07) is 9.39. The van der Waals surface area contributed by atoms with Crippen LogP contribution in [0.25, 0.3) is 22.6 Å². The second-order valence-electron chi connectivity index (χ2n) is 3.77. The molecule has 3 aromatic rings. The Morgan fingerprint density at radius 1 is 1.35 bits per heavy atom. The molecule has 0 aliphatic rings. The molecule has 0 unspecified atom stereocenters. The Morgan fingerprint density at radius 2 is 2.24 bits per heavy atom. The Balaban J connectivity index is 2.21. The molecule has 0 fully saturated rings. The van der Waals surface area contributed by atoms with Crippen LogP contribution in [0.3, 0.4) is 0 Å². The predicted molar refractivity (Wildman–Crippen MR) is 63.0 cm³/mol. The van der Waals surface area contributed by atoms with Gasteiger partial charge in [-0.05, 0) is 24.3 Å². The van der Waals surface area contributed by atoms with Crippen LogP contribution in [-0.2, 0) is 7.05 Å². The zero-order chi connectivity index (χ0) is 11.8. The Morgan fingerprint density at radius 3 is 2.94 bits per heavy atom. The minimum absolute atomic E-state index is 0.623. The van der Waals surface area contributed by atoms with Crippen molar-refractivity contribution in [2.45, 2.75) is 0 Å². The highest BCUT2D eigenvalue weighted by molar-refractivity contribution is 5.80. The lowest BCUT2D eigenvalue weighted by atomic mass is 10.2. The highest BCUT2D eigenvalue weighted by atomic mass is 15.3. The van der Waals surface area contributed by atoms with Crippen LogP contribution < -0.4 is 0 Å². The smallest absolute Gasteiger partial charge is 0.156 e. The fraction of sp³-hybridized carbons (Fsp3) is 0.0833. The fourth-order valence-corrected chi connectivity index (χ4v) is 1.81. The van der Waals surface area contributed by atoms with Gasteiger partial charge in [-0.2, -0.15) is 10.4 Å². The molecule has 17 heavy (non-hydrogen) atoms. The van der Waals surface area contributed by atoms with Crippen LogP contribution in [0.4, 0.5) is 0 Å². The number of benzene rings is 1. The molecule has 0 aliphatic carbocycles. The van der Waals surface area contributed by atoms with Gasteiger partial charge in [0, 0.05) is 13.2 Å². The summed E-state index contributed by atoms with van der Waals surface area (Å²) in [4.78, 5) is 7.66. The van der Waals surface area contributed by atoms with Crippen molar-refractivity contribution in [2.24, 2.45) is 7.05 Å². The van der Waals surface area contributed by atoms with E-state index >= 15 is 0 Å². The molecule has 2 aromatic heterocycles. The molecule has 0 aliphatic heterocycles. The minimum Gasteiger partial charge on any atom is -0.337 e. The van der Waals surface area contributed by atoms with Crippen molar-refractivity contribution in [3.63, 3.8) is 0 Å². The van der Waals surface area contributed by atoms with Crippen molar-refractivity contribution in [2.75, 3.05) is 0 Å². The lowest BCUT2D eigenvalue weighted by molar-refractivity contribution is 0.771. The van der Waals surface area contributed by atoms with E-state index in [-0.39, 0.29) is 0 Å². The van der Waals surface area contributed by atoms with Gasteiger partial charge >= 0.3 is 0 Å². The Kier molecular flexibility index (Phi) is 1.95. The topological polar surface area (TPSA) is 70.3 Å². The predicted octanol–water partition coefficient (Wildman–Crippen LogP) is 1.84. The first-order chi connectivity index (χ1) is 8.28. The van der Waals surface area contributed by atoms with Gasteiger partial charge in [0.25, 0.3) is 0 Å². The van der Waals surface area contributed by atoms with Crippen molar-refractivity contribution in [3.05, 3.63) is 36.0 Å². The number of nitriles is 1. The summed E-state index contributed by atoms with van der Waals surface area (Å²) in [6.07, 6.45) is 1.73. The molecule has 0 atom stereocenters. The quantitative estimate of drug-likeness (QED) is 0.684. The maximum atomic E-state index is 8.83. The number of aryl methyl sites for hydroxylation is 1. The van der Waals surface area contributed by atoms with E-state index in [4.69, 9.17) is 5.26 Å². The number of H-pyrrole nitrogens is 1. The SMILES string of the molecule is Cn1nccc1-c1nc2ccc(C#N)cc2[nH]1. The summed E-state index contributed by atoms with van der Waals surface area (Å²) in [5, 5.41) is 12.9. The molecule has 0 radical (unpaired) electrons. The lowest BCUT2D eigenvalue weighted by Gasteiger charge is -1.95. The van der Waals surface area contributed by atoms with E-state index in [2.05, 4.69) is 21.1 Å². The van der Waals surface area contributed by atoms with Gasteiger partial charge in [-0.15, -0.1) is 0 Å². The first-order valence-corrected chi connectivity index (χ1v) is 5.16. The average molecular weight is 223 g/mol. The Hall–Kier alpha value is -2.61. The van der Waals surface area contributed by atoms with Gasteiger partial charge in [0.05, 0.1) is 22.7 Å². The molecule has 1 N–H and O–H groups in total. The van der Waals surface area contributed by atoms with Gasteiger partial charge < -0.3 is 4.98 Å². The van der Waals surface area contributed by atoms with E-state index < -0.39 is 0 Å². The molecular formula is C12H9N5. The molecule has 0 spiro atoms. The highest BCUT2D eigenvalue weighted by Gasteiger charge is 2.08. The number of rotatable bonds is 1. The minimum atomic E-state index is 0.623. The third-order valence-electron chi connectivity index (χ3n) is 2.67. The number of nitrogens with zero attached hydrogens (tertiary/aromatic N) is 4. The summed E-state index contributed by atoms with van der Waals surface area (Å²) in [6.45, 7) is 0. The van der Waals surface area contributed by atoms with Crippen LogP contribution in [0, 0.1) is 11.3 Å². The number of hydrogen-bond acceptors (Lipinski definition) is 3. The molecule has 1 aromatic carbocycles. The summed E-state index contributed by atoms with van der Waals surface area (Å²) < 4.78 is 1.75. The molecule has 3 rings (SSSR count). The van der Waals surface area contributed by atoms with Crippen LogP contribution in [0.2, 0.25) is 0 Å². The first kappa shape index (κ1) is 9.60. The van der Waals surface area contributed by atoms with Crippen molar-refractivity contribution in [1.29, 1.82) is 5.26 Å². The van der Waals surface area contributed by atoms with E-state index in [0.717, 1.165) is 22.6 Å². The summed E-state index contributed by atoms with van der Waals surface area (Å²) in [5.41, 5.74) is 3.25. The van der Waals surface area contributed by atoms with E-state index in [9.17, 15) is 0 Å². The second-order valence-corrected chi connectivity index (χ2v) is 3.77. The average Bonchev–Trinajstić information content (AvgIpc) is 2.93. The molecule has 82 valence electrons. The van der Waals surface area contributed by atoms with Gasteiger partial charge in [-0.1, -0.05) is 0 Å². The van der Waals surface area contributed by atoms with Crippen molar-refractivity contribution in [3.8, 4) is 17.6 Å². The summed E-state index contributed by atoms with van der Waals surface area (Å²) >= 11 is 0. The molecule has 5 heteroatoms. The number of fused-ring (bicyclic) bond motifs is 1. The number of aromatic nitrogens is 4. The van der Waals surface area contributed by atoms with Crippen molar-refractivity contribution >= 4 is 11.0 Å². The molecule has 2 heterocycles. The third kappa shape index (κ3) is 1.47. The highest BCUT2D eigenvalue weighted by Crippen LogP contribution is 2.20. The van der Waals surface area contributed by atoms with Gasteiger partial charge in [0.15, 0.2) is 5.82 Å². The molecule has 0 saturated carbocycles. The van der Waals surface area contributed by atoms with Crippen molar-refractivity contribution in [1.82, 2.24) is 19.7 Å². The van der Waals surface area contributed by atoms with Crippen LogP contribution in [-0.4, -0.2) is 19.7 Å². The van der Waals surface area contributed by atoms with Crippen LogP contribution in [0.5, 0.6) is 0 Å². The standard InChI is InChI=1S/C12H9N5/c1-17-11(4-5-14-17)12-15-9-3-2-8(7-13)6-10(9)16-12/h2-6H,1H3,(H,15,16). The van der Waals surface area contributed by atoms with Crippen LogP contribution >= 0.6 is 0 Å². The monoisotopic (exact) mass is 223 g/mol. The number of hydrogen-bond donors (Lipinski definition) is 1. The van der Waals surface area contributed by atoms with Crippen LogP contribution in [0.15, 0.2) is 30.5 Å². The van der Waals surface area contributed by atoms with Gasteiger partial charge in [-0.3, -0.25) is 4.68 Å². The zero-order valence-corrected chi connectivity index (χ0v) is 9.18. The fourth-order valence-electron chi connectivity index (χ4n) is 1.81. The maximum Gasteiger partial charge on any atom is 0.156 e. The number of nitrogens with one attached hydrogen (secondary N) is 1. The molecule has 0 amide bonds. The van der Waals surface area contributed by atoms with Crippen molar-refractivity contribution < 1.29 is 0 Å². The summed E-state index contributed by atoms with van der Waals surface area (Å²) in [7, 11) is 1.86. The van der Waals surface area contributed by atoms with Gasteiger partial charge in [0.2, 0.25) is 0 Å². The third-order valence-corrected chi connectivity index (χ3v) is 2.67. The van der Waals surface area contributed by atoms with E-state index in [1.165, 1.54) is 0 Å². The van der Waals surface area contributed by atoms with E-state index in [1.54, 1.807) is 23.0 Å². The Bertz CT molecular complexity index is 729. The van der Waals surface area contributed by atoms with Gasteiger partial charge in [0.1, 0.15) is 5.69 Å². The largest absolute Gasteiger partial charge is 0.337 e. The molecule has 0 bridgehead atoms. The number of aromatic amines is 1. The molecule has 5 nitrogen and oxygen atoms in total. The maximum absolute atomic E-state index is 8.83. The van der Waals surface area contributed by atoms with Gasteiger partial charge in [-0.25, -0.2) is 4.98 Å². The normalized spacial score (nSPS) is 10.6. The first-order valence-electron chi connectivity index (χ1n) is 5.16. The Labute approximate surface area is 97.3 Å². The van der Waals surface area contributed by atoms with E-state index in [1.807, 2.05) is 19.2 Å². The lowest BCUT2D eigenvalue weighted by Crippen LogP contribution is -1.94. The zero-order valence-electron chi connectivity index (χ0n) is 9.18. The summed E-state index contributed by atoms with van der Waals surface area (Å²) in [5.74, 6) is 0.759. The molecule has 0 saturated heterocycles. The van der Waals surface area contributed by atoms with Crippen LogP contribution in [0.1, 0.15) is 5.56 Å². The number of imidazole rings is 1. The van der Waals surface area contributed by atoms with E-state index in [0.29, 0.717) is 5.56 Å². The molecular weight excluding hydrogens is 214 g/mol.